The molecule has 1 unspecified atom stereocenters. The van der Waals surface area contributed by atoms with Gasteiger partial charge in [0.1, 0.15) is 0 Å². The molecular weight excluding hydrogens is 412 g/mol. The van der Waals surface area contributed by atoms with E-state index in [2.05, 4.69) is 51.1 Å². The molecule has 0 spiro atoms. The Labute approximate surface area is 198 Å². The summed E-state index contributed by atoms with van der Waals surface area (Å²) in [6.45, 7) is 5.61. The smallest absolute Gasteiger partial charge is 0.219 e. The van der Waals surface area contributed by atoms with Gasteiger partial charge in [0.05, 0.1) is 24.1 Å². The van der Waals surface area contributed by atoms with Crippen LogP contribution in [0.15, 0.2) is 30.3 Å². The molecule has 6 nitrogen and oxygen atoms in total. The van der Waals surface area contributed by atoms with Crippen molar-refractivity contribution < 1.29 is 9.90 Å². The number of hydrogen-bond acceptors (Lipinski definition) is 5. The van der Waals surface area contributed by atoms with E-state index in [1.807, 2.05) is 0 Å². The molecular formula is C27H38N4O2. The summed E-state index contributed by atoms with van der Waals surface area (Å²) in [6, 6.07) is 14.3. The van der Waals surface area contributed by atoms with E-state index in [-0.39, 0.29) is 17.6 Å². The van der Waals surface area contributed by atoms with Gasteiger partial charge >= 0.3 is 0 Å². The van der Waals surface area contributed by atoms with Crippen molar-refractivity contribution in [3.05, 3.63) is 35.9 Å². The van der Waals surface area contributed by atoms with Crippen LogP contribution in [0.5, 0.6) is 0 Å². The fraction of sp³-hybridized carbons (Fsp3) is 0.704. The zero-order valence-electron chi connectivity index (χ0n) is 19.9. The number of carbonyl (C=O) groups excluding carboxylic acids is 1. The van der Waals surface area contributed by atoms with Crippen molar-refractivity contribution in [1.29, 1.82) is 5.26 Å². The van der Waals surface area contributed by atoms with Crippen molar-refractivity contribution in [1.82, 2.24) is 14.7 Å². The lowest BCUT2D eigenvalue weighted by Gasteiger charge is -2.59. The second-order valence-corrected chi connectivity index (χ2v) is 10.9. The van der Waals surface area contributed by atoms with Crippen LogP contribution in [0.1, 0.15) is 69.8 Å². The molecule has 178 valence electrons. The lowest BCUT2D eigenvalue weighted by atomic mass is 9.79. The van der Waals surface area contributed by atoms with E-state index in [0.717, 1.165) is 71.1 Å². The van der Waals surface area contributed by atoms with Crippen molar-refractivity contribution in [3.63, 3.8) is 0 Å². The summed E-state index contributed by atoms with van der Waals surface area (Å²) in [5.41, 5.74) is 1.33. The van der Waals surface area contributed by atoms with Gasteiger partial charge in [-0.3, -0.25) is 14.6 Å². The summed E-state index contributed by atoms with van der Waals surface area (Å²) in [5, 5.41) is 19.4. The van der Waals surface area contributed by atoms with Crippen LogP contribution in [0.4, 0.5) is 0 Å². The third-order valence-corrected chi connectivity index (χ3v) is 8.82. The van der Waals surface area contributed by atoms with E-state index in [1.165, 1.54) is 5.56 Å². The van der Waals surface area contributed by atoms with Gasteiger partial charge in [0.25, 0.3) is 0 Å². The first-order chi connectivity index (χ1) is 16.0. The van der Waals surface area contributed by atoms with Crippen molar-refractivity contribution in [2.24, 2.45) is 0 Å². The number of rotatable bonds is 6. The fourth-order valence-electron chi connectivity index (χ4n) is 6.89. The Bertz CT molecular complexity index is 862. The molecule has 1 aromatic rings. The standard InChI is InChI=1S/C27H38N4O2/c1-20(32)31(26-17-25(26)21-5-3-2-4-6-21)23-11-15-30(16-12-23)27(13-14-28)18-29(19-27)22-7-9-24(33)10-8-22/h2-6,22-26,33H,7-13,15-19H2,1H3/t22?,24?,25?,26-/m1/s1. The molecule has 2 saturated carbocycles. The molecule has 2 atom stereocenters. The molecule has 33 heavy (non-hydrogen) atoms. The summed E-state index contributed by atoms with van der Waals surface area (Å²) >= 11 is 0. The molecule has 2 aliphatic heterocycles. The van der Waals surface area contributed by atoms with E-state index >= 15 is 0 Å². The zero-order chi connectivity index (χ0) is 23.0. The van der Waals surface area contributed by atoms with Crippen LogP contribution >= 0.6 is 0 Å². The van der Waals surface area contributed by atoms with E-state index in [1.54, 1.807) is 6.92 Å². The van der Waals surface area contributed by atoms with Gasteiger partial charge in [0.2, 0.25) is 5.91 Å². The molecule has 0 aromatic heterocycles. The van der Waals surface area contributed by atoms with Crippen LogP contribution < -0.4 is 0 Å². The number of nitriles is 1. The number of nitrogens with zero attached hydrogens (tertiary/aromatic N) is 4. The van der Waals surface area contributed by atoms with Crippen LogP contribution in [-0.2, 0) is 4.79 Å². The molecule has 5 rings (SSSR count). The summed E-state index contributed by atoms with van der Waals surface area (Å²) < 4.78 is 0. The number of likely N-dealkylation sites (tertiary alicyclic amines) is 2. The minimum Gasteiger partial charge on any atom is -0.393 e. The van der Waals surface area contributed by atoms with Crippen LogP contribution in [0, 0.1) is 11.3 Å². The van der Waals surface area contributed by atoms with E-state index in [0.29, 0.717) is 30.5 Å². The van der Waals surface area contributed by atoms with Crippen LogP contribution in [0.3, 0.4) is 0 Å². The largest absolute Gasteiger partial charge is 0.393 e. The van der Waals surface area contributed by atoms with E-state index < -0.39 is 0 Å². The molecule has 2 saturated heterocycles. The van der Waals surface area contributed by atoms with Crippen molar-refractivity contribution in [3.8, 4) is 6.07 Å². The van der Waals surface area contributed by atoms with Gasteiger partial charge < -0.3 is 10.0 Å². The first kappa shape index (κ1) is 22.8. The molecule has 0 radical (unpaired) electrons. The summed E-state index contributed by atoms with van der Waals surface area (Å²) in [6.07, 6.45) is 7.50. The van der Waals surface area contributed by atoms with Crippen LogP contribution in [-0.4, -0.2) is 81.7 Å². The van der Waals surface area contributed by atoms with Crippen molar-refractivity contribution in [2.45, 2.75) is 94.0 Å². The average molecular weight is 451 g/mol. The van der Waals surface area contributed by atoms with Crippen molar-refractivity contribution >= 4 is 5.91 Å². The number of piperidine rings is 1. The lowest BCUT2D eigenvalue weighted by Crippen LogP contribution is -2.73. The Morgan fingerprint density at radius 1 is 1.12 bits per heavy atom. The molecule has 6 heteroatoms. The first-order valence-corrected chi connectivity index (χ1v) is 12.9. The third-order valence-electron chi connectivity index (χ3n) is 8.82. The van der Waals surface area contributed by atoms with Crippen LogP contribution in [0.2, 0.25) is 0 Å². The number of amides is 1. The maximum atomic E-state index is 12.6. The molecule has 4 fully saturated rings. The molecule has 1 amide bonds. The first-order valence-electron chi connectivity index (χ1n) is 12.9. The Morgan fingerprint density at radius 3 is 2.39 bits per heavy atom. The number of hydrogen-bond donors (Lipinski definition) is 1. The van der Waals surface area contributed by atoms with E-state index in [4.69, 9.17) is 0 Å². The minimum atomic E-state index is -0.123. The summed E-state index contributed by atoms with van der Waals surface area (Å²) in [7, 11) is 0. The highest BCUT2D eigenvalue weighted by molar-refractivity contribution is 5.74. The predicted molar refractivity (Wildman–Crippen MR) is 127 cm³/mol. The maximum Gasteiger partial charge on any atom is 0.219 e. The van der Waals surface area contributed by atoms with Gasteiger partial charge in [-0.25, -0.2) is 0 Å². The Balaban J connectivity index is 1.18. The topological polar surface area (TPSA) is 70.8 Å². The fourth-order valence-corrected chi connectivity index (χ4v) is 6.89. The average Bonchev–Trinajstić information content (AvgIpc) is 3.58. The van der Waals surface area contributed by atoms with Gasteiger partial charge in [-0.15, -0.1) is 0 Å². The maximum absolute atomic E-state index is 12.6. The number of carbonyl (C=O) groups is 1. The zero-order valence-corrected chi connectivity index (χ0v) is 19.9. The van der Waals surface area contributed by atoms with Crippen molar-refractivity contribution in [2.75, 3.05) is 26.2 Å². The van der Waals surface area contributed by atoms with E-state index in [9.17, 15) is 15.2 Å². The normalized spacial score (nSPS) is 32.5. The highest BCUT2D eigenvalue weighted by atomic mass is 16.3. The monoisotopic (exact) mass is 450 g/mol. The second kappa shape index (κ2) is 9.37. The molecule has 0 bridgehead atoms. The molecule has 1 aromatic carbocycles. The highest BCUT2D eigenvalue weighted by Gasteiger charge is 2.52. The summed E-state index contributed by atoms with van der Waals surface area (Å²) in [5.74, 6) is 0.685. The van der Waals surface area contributed by atoms with Gasteiger partial charge in [-0.1, -0.05) is 30.3 Å². The number of benzene rings is 1. The third kappa shape index (κ3) is 4.56. The molecule has 1 N–H and O–H groups in total. The predicted octanol–water partition coefficient (Wildman–Crippen LogP) is 3.13. The second-order valence-electron chi connectivity index (χ2n) is 10.9. The Kier molecular flexibility index (Phi) is 6.48. The Morgan fingerprint density at radius 2 is 1.79 bits per heavy atom. The van der Waals surface area contributed by atoms with Gasteiger partial charge in [-0.2, -0.15) is 5.26 Å². The van der Waals surface area contributed by atoms with Gasteiger partial charge in [0, 0.05) is 57.1 Å². The highest BCUT2D eigenvalue weighted by Crippen LogP contribution is 2.47. The minimum absolute atomic E-state index is 0.0248. The van der Waals surface area contributed by atoms with Gasteiger partial charge in [-0.05, 0) is 50.5 Å². The number of aliphatic hydroxyl groups is 1. The molecule has 2 heterocycles. The Hall–Kier alpha value is -1.94. The van der Waals surface area contributed by atoms with Crippen LogP contribution in [0.25, 0.3) is 0 Å². The summed E-state index contributed by atoms with van der Waals surface area (Å²) in [4.78, 5) is 19.9. The lowest BCUT2D eigenvalue weighted by molar-refractivity contribution is -0.135. The molecule has 2 aliphatic carbocycles. The number of aliphatic hydroxyl groups excluding tert-OH is 1. The molecule has 4 aliphatic rings. The quantitative estimate of drug-likeness (QED) is 0.721. The van der Waals surface area contributed by atoms with Gasteiger partial charge in [0.15, 0.2) is 0 Å². The SMILES string of the molecule is CC(=O)N(C1CCN(C2(CC#N)CN(C3CCC(O)CC3)C2)CC1)[C@@H]1CC1c1ccccc1.